The average Bonchev–Trinajstić information content (AvgIpc) is 2.67. The number of nitrogens with zero attached hydrogens (tertiary/aromatic N) is 2. The highest BCUT2D eigenvalue weighted by atomic mass is 16.5. The first-order valence-corrected chi connectivity index (χ1v) is 6.85. The lowest BCUT2D eigenvalue weighted by molar-refractivity contribution is 0.130. The van der Waals surface area contributed by atoms with Crippen LogP contribution < -0.4 is 5.73 Å². The lowest BCUT2D eigenvalue weighted by Gasteiger charge is -2.34. The number of piperidine rings is 1. The third kappa shape index (κ3) is 3.91. The van der Waals surface area contributed by atoms with Gasteiger partial charge in [-0.2, -0.15) is 0 Å². The van der Waals surface area contributed by atoms with E-state index in [0.29, 0.717) is 5.92 Å². The van der Waals surface area contributed by atoms with Gasteiger partial charge < -0.3 is 20.3 Å². The topological polar surface area (TPSA) is 41.7 Å². The van der Waals surface area contributed by atoms with Crippen LogP contribution in [0.4, 0.5) is 0 Å². The minimum absolute atomic E-state index is 0.259. The van der Waals surface area contributed by atoms with Gasteiger partial charge in [0.05, 0.1) is 13.2 Å². The van der Waals surface area contributed by atoms with Crippen LogP contribution in [-0.2, 0) is 4.74 Å². The van der Waals surface area contributed by atoms with Crippen LogP contribution in [0.1, 0.15) is 12.8 Å². The molecule has 0 saturated carbocycles. The monoisotopic (exact) mass is 241 g/mol. The summed E-state index contributed by atoms with van der Waals surface area (Å²) in [7, 11) is 4.34. The van der Waals surface area contributed by atoms with Gasteiger partial charge in [0, 0.05) is 25.0 Å². The van der Waals surface area contributed by atoms with Gasteiger partial charge in [0.15, 0.2) is 0 Å². The van der Waals surface area contributed by atoms with Gasteiger partial charge in [-0.05, 0) is 45.9 Å². The largest absolute Gasteiger partial charge is 0.379 e. The molecular formula is C13H27N3O. The molecule has 0 spiro atoms. The van der Waals surface area contributed by atoms with Crippen molar-refractivity contribution in [3.05, 3.63) is 0 Å². The molecule has 17 heavy (non-hydrogen) atoms. The highest BCUT2D eigenvalue weighted by molar-refractivity contribution is 4.83. The van der Waals surface area contributed by atoms with Crippen LogP contribution in [0.25, 0.3) is 0 Å². The van der Waals surface area contributed by atoms with Crippen LogP contribution in [-0.4, -0.2) is 69.3 Å². The van der Waals surface area contributed by atoms with Crippen molar-refractivity contribution in [2.75, 3.05) is 53.5 Å². The summed E-state index contributed by atoms with van der Waals surface area (Å²) in [5.41, 5.74) is 6.03. The van der Waals surface area contributed by atoms with E-state index in [1.165, 1.54) is 32.5 Å². The van der Waals surface area contributed by atoms with Gasteiger partial charge in [0.1, 0.15) is 0 Å². The van der Waals surface area contributed by atoms with Crippen molar-refractivity contribution < 1.29 is 4.74 Å². The lowest BCUT2D eigenvalue weighted by Crippen LogP contribution is -2.43. The van der Waals surface area contributed by atoms with Gasteiger partial charge in [-0.3, -0.25) is 0 Å². The Kier molecular flexibility index (Phi) is 4.79. The van der Waals surface area contributed by atoms with Gasteiger partial charge in [0.2, 0.25) is 0 Å². The second kappa shape index (κ2) is 6.14. The molecule has 2 atom stereocenters. The molecule has 0 radical (unpaired) electrons. The van der Waals surface area contributed by atoms with Gasteiger partial charge in [0.25, 0.3) is 0 Å². The number of hydrogen-bond donors (Lipinski definition) is 1. The van der Waals surface area contributed by atoms with Crippen molar-refractivity contribution in [1.29, 1.82) is 0 Å². The molecule has 0 aromatic heterocycles. The summed E-state index contributed by atoms with van der Waals surface area (Å²) in [5, 5.41) is 0. The number of hydrogen-bond acceptors (Lipinski definition) is 4. The number of likely N-dealkylation sites (tertiary alicyclic amines) is 1. The first-order valence-electron chi connectivity index (χ1n) is 6.85. The molecule has 2 unspecified atom stereocenters. The Bertz CT molecular complexity index is 227. The Morgan fingerprint density at radius 3 is 2.47 bits per heavy atom. The van der Waals surface area contributed by atoms with Crippen molar-refractivity contribution in [2.24, 2.45) is 17.6 Å². The minimum Gasteiger partial charge on any atom is -0.379 e. The zero-order chi connectivity index (χ0) is 12.3. The second-order valence-corrected chi connectivity index (χ2v) is 5.97. The molecule has 4 nitrogen and oxygen atoms in total. The van der Waals surface area contributed by atoms with E-state index in [1.807, 2.05) is 0 Å². The predicted octanol–water partition coefficient (Wildman–Crippen LogP) is 0.234. The molecule has 100 valence electrons. The van der Waals surface area contributed by atoms with Crippen molar-refractivity contribution in [2.45, 2.75) is 18.9 Å². The Balaban J connectivity index is 1.68. The Hall–Kier alpha value is -0.160. The van der Waals surface area contributed by atoms with Crippen LogP contribution in [0.15, 0.2) is 0 Å². The third-order valence-electron chi connectivity index (χ3n) is 4.07. The van der Waals surface area contributed by atoms with E-state index in [2.05, 4.69) is 23.9 Å². The highest BCUT2D eigenvalue weighted by Gasteiger charge is 2.28. The quantitative estimate of drug-likeness (QED) is 0.765. The summed E-state index contributed by atoms with van der Waals surface area (Å²) in [4.78, 5) is 4.88. The molecule has 0 aliphatic carbocycles. The Morgan fingerprint density at radius 1 is 1.24 bits per heavy atom. The van der Waals surface area contributed by atoms with Crippen molar-refractivity contribution in [3.63, 3.8) is 0 Å². The van der Waals surface area contributed by atoms with E-state index in [-0.39, 0.29) is 6.04 Å². The molecule has 0 aromatic rings. The summed E-state index contributed by atoms with van der Waals surface area (Å²) in [6, 6.07) is 0.259. The molecule has 2 heterocycles. The van der Waals surface area contributed by atoms with E-state index < -0.39 is 0 Å². The van der Waals surface area contributed by atoms with Crippen molar-refractivity contribution >= 4 is 0 Å². The fourth-order valence-electron chi connectivity index (χ4n) is 3.00. The first kappa shape index (κ1) is 13.3. The van der Waals surface area contributed by atoms with E-state index in [1.54, 1.807) is 0 Å². The van der Waals surface area contributed by atoms with Crippen LogP contribution in [0, 0.1) is 11.8 Å². The molecule has 0 aromatic carbocycles. The molecule has 2 fully saturated rings. The number of rotatable bonds is 4. The average molecular weight is 241 g/mol. The summed E-state index contributed by atoms with van der Waals surface area (Å²) >= 11 is 0. The maximum absolute atomic E-state index is 6.03. The summed E-state index contributed by atoms with van der Waals surface area (Å²) in [6.07, 6.45) is 2.67. The molecule has 2 aliphatic rings. The molecule has 2 saturated heterocycles. The second-order valence-electron chi connectivity index (χ2n) is 5.97. The standard InChI is InChI=1S/C13H27N3O/c1-15(2)7-11-3-5-16(6-4-11)8-12-9-17-10-13(12)14/h11-13H,3-10,14H2,1-2H3. The molecular weight excluding hydrogens is 214 g/mol. The zero-order valence-electron chi connectivity index (χ0n) is 11.3. The van der Waals surface area contributed by atoms with E-state index in [4.69, 9.17) is 10.5 Å². The van der Waals surface area contributed by atoms with Gasteiger partial charge in [-0.25, -0.2) is 0 Å². The number of nitrogens with two attached hydrogens (primary N) is 1. The van der Waals surface area contributed by atoms with Crippen LogP contribution in [0.2, 0.25) is 0 Å². The SMILES string of the molecule is CN(C)CC1CCN(CC2COCC2N)CC1. The Labute approximate surface area is 105 Å². The van der Waals surface area contributed by atoms with Crippen LogP contribution >= 0.6 is 0 Å². The number of ether oxygens (including phenoxy) is 1. The third-order valence-corrected chi connectivity index (χ3v) is 4.07. The first-order chi connectivity index (χ1) is 8.15. The van der Waals surface area contributed by atoms with E-state index in [0.717, 1.165) is 25.7 Å². The smallest absolute Gasteiger partial charge is 0.0621 e. The summed E-state index contributed by atoms with van der Waals surface area (Å²) in [6.45, 7) is 6.46. The van der Waals surface area contributed by atoms with Crippen molar-refractivity contribution in [1.82, 2.24) is 9.80 Å². The fourth-order valence-corrected chi connectivity index (χ4v) is 3.00. The maximum Gasteiger partial charge on any atom is 0.0621 e. The predicted molar refractivity (Wildman–Crippen MR) is 70.0 cm³/mol. The van der Waals surface area contributed by atoms with Gasteiger partial charge in [-0.15, -0.1) is 0 Å². The molecule has 0 amide bonds. The molecule has 0 bridgehead atoms. The molecule has 4 heteroatoms. The van der Waals surface area contributed by atoms with Crippen LogP contribution in [0.3, 0.4) is 0 Å². The lowest BCUT2D eigenvalue weighted by atomic mass is 9.95. The highest BCUT2D eigenvalue weighted by Crippen LogP contribution is 2.20. The van der Waals surface area contributed by atoms with E-state index in [9.17, 15) is 0 Å². The van der Waals surface area contributed by atoms with E-state index >= 15 is 0 Å². The molecule has 2 aliphatic heterocycles. The maximum atomic E-state index is 6.03. The molecule has 2 rings (SSSR count). The summed E-state index contributed by atoms with van der Waals surface area (Å²) in [5.74, 6) is 1.44. The summed E-state index contributed by atoms with van der Waals surface area (Å²) < 4.78 is 5.43. The van der Waals surface area contributed by atoms with Gasteiger partial charge >= 0.3 is 0 Å². The van der Waals surface area contributed by atoms with Crippen LogP contribution in [0.5, 0.6) is 0 Å². The van der Waals surface area contributed by atoms with Crippen molar-refractivity contribution in [3.8, 4) is 0 Å². The normalized spacial score (nSPS) is 32.5. The van der Waals surface area contributed by atoms with Gasteiger partial charge in [-0.1, -0.05) is 0 Å². The fraction of sp³-hybridized carbons (Fsp3) is 1.00. The Morgan fingerprint density at radius 2 is 1.94 bits per heavy atom. The zero-order valence-corrected chi connectivity index (χ0v) is 11.3. The minimum atomic E-state index is 0.259. The molecule has 2 N–H and O–H groups in total.